The van der Waals surface area contributed by atoms with Gasteiger partial charge in [0.2, 0.25) is 0 Å². The van der Waals surface area contributed by atoms with Crippen molar-refractivity contribution in [3.8, 4) is 0 Å². The van der Waals surface area contributed by atoms with Crippen molar-refractivity contribution in [2.75, 3.05) is 0 Å². The average Bonchev–Trinajstić information content (AvgIpc) is 2.26. The van der Waals surface area contributed by atoms with Gasteiger partial charge in [-0.1, -0.05) is 29.5 Å². The predicted molar refractivity (Wildman–Crippen MR) is 59.1 cm³/mol. The van der Waals surface area contributed by atoms with E-state index in [1.165, 1.54) is 0 Å². The van der Waals surface area contributed by atoms with E-state index >= 15 is 0 Å². The van der Waals surface area contributed by atoms with Gasteiger partial charge in [-0.15, -0.1) is 0 Å². The molecule has 84 valence electrons. The summed E-state index contributed by atoms with van der Waals surface area (Å²) < 4.78 is 20.8. The second-order valence-corrected chi connectivity index (χ2v) is 6.11. The van der Waals surface area contributed by atoms with Gasteiger partial charge in [-0.05, 0) is 19.3 Å². The summed E-state index contributed by atoms with van der Waals surface area (Å²) >= 11 is 2.16. The molecule has 1 rings (SSSR count). The molecule has 0 saturated carbocycles. The van der Waals surface area contributed by atoms with Crippen molar-refractivity contribution in [2.45, 2.75) is 36.6 Å². The summed E-state index contributed by atoms with van der Waals surface area (Å²) in [6.07, 6.45) is 0.0789. The molecule has 4 atom stereocenters. The molecule has 1 fully saturated rings. The van der Waals surface area contributed by atoms with Crippen LogP contribution in [0.15, 0.2) is 0 Å². The maximum absolute atomic E-state index is 10.6. The number of rotatable bonds is 3. The number of hydrogen-bond donors (Lipinski definition) is 2. The van der Waals surface area contributed by atoms with Crippen LogP contribution in [0, 0.1) is 5.92 Å². The van der Waals surface area contributed by atoms with Gasteiger partial charge in [-0.2, -0.15) is 0 Å². The zero-order valence-electron chi connectivity index (χ0n) is 7.96. The summed E-state index contributed by atoms with van der Waals surface area (Å²) in [6.45, 7) is 3.61. The third kappa shape index (κ3) is 3.75. The normalized spacial score (nSPS) is 35.9. The van der Waals surface area contributed by atoms with Crippen molar-refractivity contribution in [1.29, 1.82) is 0 Å². The Morgan fingerprint density at radius 1 is 1.64 bits per heavy atom. The minimum absolute atomic E-state index is 0.107. The molecule has 1 aliphatic rings. The van der Waals surface area contributed by atoms with Crippen molar-refractivity contribution in [3.63, 3.8) is 0 Å². The lowest BCUT2D eigenvalue weighted by Crippen LogP contribution is -2.29. The van der Waals surface area contributed by atoms with Crippen LogP contribution in [-0.4, -0.2) is 26.1 Å². The lowest BCUT2D eigenvalue weighted by Gasteiger charge is -2.22. The van der Waals surface area contributed by atoms with Crippen molar-refractivity contribution < 1.29 is 23.6 Å². The fourth-order valence-electron chi connectivity index (χ4n) is 1.64. The predicted octanol–water partition coefficient (Wildman–Crippen LogP) is 1.67. The Balaban J connectivity index is 2.53. The molecular weight excluding hydrogens is 322 g/mol. The maximum atomic E-state index is 10.6. The summed E-state index contributed by atoms with van der Waals surface area (Å²) in [5, 5.41) is 0. The molecule has 1 heterocycles. The second-order valence-electron chi connectivity index (χ2n) is 3.52. The molecule has 7 heteroatoms. The molecule has 1 aliphatic heterocycles. The molecule has 1 saturated heterocycles. The third-order valence-corrected chi connectivity index (χ3v) is 3.60. The van der Waals surface area contributed by atoms with Gasteiger partial charge in [0.25, 0.3) is 0 Å². The summed E-state index contributed by atoms with van der Waals surface area (Å²) in [7, 11) is -4.40. The summed E-state index contributed by atoms with van der Waals surface area (Å²) in [6, 6.07) is 0. The standard InChI is InChI=1S/C7H14IO5P/c1-4-3-6(8)12-7(4)5(2)13-14(9,10)11/h4-7H,3H2,1-2H3,(H2,9,10,11)/t4?,5-,6-,7+/m1/s1. The lowest BCUT2D eigenvalue weighted by molar-refractivity contribution is -0.0111. The number of phosphoric ester groups is 1. The number of ether oxygens (including phenoxy) is 1. The number of phosphoric acid groups is 1. The van der Waals surface area contributed by atoms with Crippen LogP contribution in [0.5, 0.6) is 0 Å². The van der Waals surface area contributed by atoms with Gasteiger partial charge < -0.3 is 14.5 Å². The Labute approximate surface area is 96.6 Å². The summed E-state index contributed by atoms with van der Waals surface area (Å²) in [5.74, 6) is 0.262. The number of halogens is 1. The molecule has 0 bridgehead atoms. The van der Waals surface area contributed by atoms with Crippen LogP contribution in [0.2, 0.25) is 0 Å². The molecule has 1 unspecified atom stereocenters. The zero-order valence-corrected chi connectivity index (χ0v) is 11.0. The highest BCUT2D eigenvalue weighted by molar-refractivity contribution is 14.1. The van der Waals surface area contributed by atoms with E-state index in [2.05, 4.69) is 27.1 Å². The monoisotopic (exact) mass is 336 g/mol. The van der Waals surface area contributed by atoms with E-state index in [0.717, 1.165) is 6.42 Å². The molecular formula is C7H14IO5P. The van der Waals surface area contributed by atoms with E-state index in [9.17, 15) is 4.57 Å². The van der Waals surface area contributed by atoms with E-state index in [1.807, 2.05) is 6.92 Å². The topological polar surface area (TPSA) is 76.0 Å². The molecule has 2 N–H and O–H groups in total. The largest absolute Gasteiger partial charge is 0.469 e. The van der Waals surface area contributed by atoms with Crippen LogP contribution < -0.4 is 0 Å². The maximum Gasteiger partial charge on any atom is 0.469 e. The van der Waals surface area contributed by atoms with E-state index in [1.54, 1.807) is 6.92 Å². The van der Waals surface area contributed by atoms with E-state index < -0.39 is 13.9 Å². The molecule has 5 nitrogen and oxygen atoms in total. The van der Waals surface area contributed by atoms with Crippen LogP contribution >= 0.6 is 30.4 Å². The Hall–Kier alpha value is 0.800. The van der Waals surface area contributed by atoms with Crippen LogP contribution in [0.25, 0.3) is 0 Å². The van der Waals surface area contributed by atoms with Crippen molar-refractivity contribution in [1.82, 2.24) is 0 Å². The fourth-order valence-corrected chi connectivity index (χ4v) is 3.33. The van der Waals surface area contributed by atoms with Gasteiger partial charge in [0.05, 0.1) is 12.2 Å². The van der Waals surface area contributed by atoms with Crippen LogP contribution in [-0.2, 0) is 13.8 Å². The lowest BCUT2D eigenvalue weighted by atomic mass is 10.0. The summed E-state index contributed by atoms with van der Waals surface area (Å²) in [5.41, 5.74) is 0. The molecule has 0 aromatic rings. The molecule has 0 spiro atoms. The molecule has 0 radical (unpaired) electrons. The van der Waals surface area contributed by atoms with Crippen LogP contribution in [0.3, 0.4) is 0 Å². The smallest absolute Gasteiger partial charge is 0.362 e. The molecule has 0 aromatic heterocycles. The highest BCUT2D eigenvalue weighted by Crippen LogP contribution is 2.41. The zero-order chi connectivity index (χ0) is 10.9. The van der Waals surface area contributed by atoms with Crippen molar-refractivity contribution in [3.05, 3.63) is 0 Å². The first-order valence-corrected chi connectivity index (χ1v) is 7.10. The van der Waals surface area contributed by atoms with E-state index in [4.69, 9.17) is 14.5 Å². The molecule has 0 amide bonds. The Bertz CT molecular complexity index is 242. The minimum atomic E-state index is -4.40. The fraction of sp³-hybridized carbons (Fsp3) is 1.00. The third-order valence-electron chi connectivity index (χ3n) is 2.19. The van der Waals surface area contributed by atoms with Gasteiger partial charge >= 0.3 is 7.82 Å². The highest BCUT2D eigenvalue weighted by atomic mass is 127. The first-order chi connectivity index (χ1) is 6.29. The first-order valence-electron chi connectivity index (χ1n) is 4.33. The van der Waals surface area contributed by atoms with Crippen molar-refractivity contribution >= 4 is 30.4 Å². The number of hydrogen-bond acceptors (Lipinski definition) is 3. The summed E-state index contributed by atoms with van der Waals surface area (Å²) in [4.78, 5) is 17.3. The molecule has 0 aromatic carbocycles. The van der Waals surface area contributed by atoms with Gasteiger partial charge in [0.1, 0.15) is 4.11 Å². The second kappa shape index (κ2) is 4.76. The Morgan fingerprint density at radius 2 is 2.21 bits per heavy atom. The SMILES string of the molecule is CC1C[C@H](I)O[C@@H]1[C@@H](C)OP(=O)(O)O. The van der Waals surface area contributed by atoms with Crippen LogP contribution in [0.1, 0.15) is 20.3 Å². The molecule has 14 heavy (non-hydrogen) atoms. The van der Waals surface area contributed by atoms with Gasteiger partial charge in [-0.3, -0.25) is 4.52 Å². The molecule has 0 aliphatic carbocycles. The van der Waals surface area contributed by atoms with Gasteiger partial charge in [0, 0.05) is 0 Å². The quantitative estimate of drug-likeness (QED) is 0.466. The Morgan fingerprint density at radius 3 is 2.57 bits per heavy atom. The van der Waals surface area contributed by atoms with Gasteiger partial charge in [0.15, 0.2) is 0 Å². The van der Waals surface area contributed by atoms with E-state index in [-0.39, 0.29) is 16.1 Å². The highest BCUT2D eigenvalue weighted by Gasteiger charge is 2.37. The Kier molecular flexibility index (Phi) is 4.37. The van der Waals surface area contributed by atoms with E-state index in [0.29, 0.717) is 0 Å². The average molecular weight is 336 g/mol. The van der Waals surface area contributed by atoms with Crippen molar-refractivity contribution in [2.24, 2.45) is 5.92 Å². The number of alkyl halides is 1. The first kappa shape index (κ1) is 12.9. The van der Waals surface area contributed by atoms with Gasteiger partial charge in [-0.25, -0.2) is 4.57 Å². The minimum Gasteiger partial charge on any atom is -0.362 e. The van der Waals surface area contributed by atoms with Crippen LogP contribution in [0.4, 0.5) is 0 Å².